The van der Waals surface area contributed by atoms with Crippen LogP contribution in [0.2, 0.25) is 5.02 Å². The van der Waals surface area contributed by atoms with E-state index in [9.17, 15) is 4.79 Å². The molecule has 1 atom stereocenters. The van der Waals surface area contributed by atoms with Crippen LogP contribution in [0.4, 0.5) is 0 Å². The van der Waals surface area contributed by atoms with Crippen molar-refractivity contribution in [2.75, 3.05) is 0 Å². The van der Waals surface area contributed by atoms with Crippen LogP contribution in [0.5, 0.6) is 0 Å². The Morgan fingerprint density at radius 2 is 1.93 bits per heavy atom. The predicted molar refractivity (Wildman–Crippen MR) is 62.5 cm³/mol. The van der Waals surface area contributed by atoms with Crippen LogP contribution in [-0.2, 0) is 10.3 Å². The summed E-state index contributed by atoms with van der Waals surface area (Å²) in [5, 5.41) is 9.56. The number of rotatable bonds is 3. The van der Waals surface area contributed by atoms with Crippen LogP contribution in [0.1, 0.15) is 18.9 Å². The van der Waals surface area contributed by atoms with E-state index in [4.69, 9.17) is 22.4 Å². The van der Waals surface area contributed by atoms with Crippen LogP contribution in [0.15, 0.2) is 24.3 Å². The number of benzene rings is 1. The minimum atomic E-state index is -1.31. The Labute approximate surface area is 99.6 Å². The van der Waals surface area contributed by atoms with E-state index in [0.29, 0.717) is 17.0 Å². The van der Waals surface area contributed by atoms with Gasteiger partial charge in [0.15, 0.2) is 0 Å². The lowest BCUT2D eigenvalue weighted by atomic mass is 9.89. The average molecular weight is 250 g/mol. The average Bonchev–Trinajstić information content (AvgIpc) is 2.17. The van der Waals surface area contributed by atoms with E-state index in [2.05, 4.69) is 0 Å². The van der Waals surface area contributed by atoms with Crippen LogP contribution in [0.25, 0.3) is 0 Å². The maximum Gasteiger partial charge on any atom is 0.328 e. The lowest BCUT2D eigenvalue weighted by Crippen LogP contribution is -2.44. The fourth-order valence-electron chi connectivity index (χ4n) is 1.23. The Kier molecular flexibility index (Phi) is 5.08. The van der Waals surface area contributed by atoms with Crippen molar-refractivity contribution in [3.63, 3.8) is 0 Å². The van der Waals surface area contributed by atoms with Gasteiger partial charge in [-0.15, -0.1) is 12.4 Å². The largest absolute Gasteiger partial charge is 0.480 e. The normalized spacial score (nSPS) is 13.8. The molecule has 0 heterocycles. The Hall–Kier alpha value is -0.770. The van der Waals surface area contributed by atoms with E-state index in [1.807, 2.05) is 0 Å². The van der Waals surface area contributed by atoms with E-state index < -0.39 is 11.5 Å². The molecule has 1 unspecified atom stereocenters. The Morgan fingerprint density at radius 3 is 2.27 bits per heavy atom. The summed E-state index contributed by atoms with van der Waals surface area (Å²) in [5.41, 5.74) is 5.02. The van der Waals surface area contributed by atoms with Crippen molar-refractivity contribution in [2.24, 2.45) is 5.73 Å². The van der Waals surface area contributed by atoms with Gasteiger partial charge in [0, 0.05) is 5.02 Å². The van der Waals surface area contributed by atoms with Gasteiger partial charge in [0.2, 0.25) is 0 Å². The maximum absolute atomic E-state index is 11.0. The summed E-state index contributed by atoms with van der Waals surface area (Å²) in [6, 6.07) is 6.55. The lowest BCUT2D eigenvalue weighted by molar-refractivity contribution is -0.143. The Balaban J connectivity index is 0.00000196. The second-order valence-corrected chi connectivity index (χ2v) is 3.57. The van der Waals surface area contributed by atoms with Crippen molar-refractivity contribution < 1.29 is 9.90 Å². The molecule has 5 heteroatoms. The smallest absolute Gasteiger partial charge is 0.328 e. The first kappa shape index (κ1) is 14.2. The molecule has 0 aromatic heterocycles. The topological polar surface area (TPSA) is 63.3 Å². The summed E-state index contributed by atoms with van der Waals surface area (Å²) >= 11 is 5.70. The molecular formula is C10H13Cl2NO2. The minimum absolute atomic E-state index is 0. The van der Waals surface area contributed by atoms with Crippen molar-refractivity contribution in [3.8, 4) is 0 Å². The molecule has 0 aliphatic rings. The molecule has 0 radical (unpaired) electrons. The highest BCUT2D eigenvalue weighted by Gasteiger charge is 2.33. The third kappa shape index (κ3) is 2.84. The highest BCUT2D eigenvalue weighted by Crippen LogP contribution is 2.23. The molecule has 0 aliphatic heterocycles. The second-order valence-electron chi connectivity index (χ2n) is 3.14. The van der Waals surface area contributed by atoms with Gasteiger partial charge in [-0.25, -0.2) is 4.79 Å². The summed E-state index contributed by atoms with van der Waals surface area (Å²) in [4.78, 5) is 11.0. The van der Waals surface area contributed by atoms with E-state index >= 15 is 0 Å². The first-order chi connectivity index (χ1) is 6.50. The van der Waals surface area contributed by atoms with Crippen LogP contribution < -0.4 is 5.73 Å². The van der Waals surface area contributed by atoms with Gasteiger partial charge in [-0.05, 0) is 24.1 Å². The fraction of sp³-hybridized carbons (Fsp3) is 0.300. The lowest BCUT2D eigenvalue weighted by Gasteiger charge is -2.23. The standard InChI is InChI=1S/C10H12ClNO2.ClH/c1-2-10(12,9(13)14)7-3-5-8(11)6-4-7;/h3-6H,2,12H2,1H3,(H,13,14);1H. The van der Waals surface area contributed by atoms with E-state index in [1.165, 1.54) is 0 Å². The first-order valence-corrected chi connectivity index (χ1v) is 4.67. The molecule has 0 fully saturated rings. The zero-order valence-electron chi connectivity index (χ0n) is 8.24. The van der Waals surface area contributed by atoms with Crippen molar-refractivity contribution in [3.05, 3.63) is 34.9 Å². The zero-order valence-corrected chi connectivity index (χ0v) is 9.81. The molecule has 15 heavy (non-hydrogen) atoms. The summed E-state index contributed by atoms with van der Waals surface area (Å²) in [6.45, 7) is 1.74. The van der Waals surface area contributed by atoms with Gasteiger partial charge in [-0.1, -0.05) is 30.7 Å². The summed E-state index contributed by atoms with van der Waals surface area (Å²) in [5.74, 6) is -1.03. The molecule has 3 N–H and O–H groups in total. The molecular weight excluding hydrogens is 237 g/mol. The van der Waals surface area contributed by atoms with Crippen molar-refractivity contribution in [1.29, 1.82) is 0 Å². The number of hydrogen-bond donors (Lipinski definition) is 2. The number of hydrogen-bond acceptors (Lipinski definition) is 2. The van der Waals surface area contributed by atoms with Gasteiger partial charge < -0.3 is 10.8 Å². The number of carboxylic acid groups (broad SMARTS) is 1. The number of carbonyl (C=O) groups is 1. The quantitative estimate of drug-likeness (QED) is 0.865. The highest BCUT2D eigenvalue weighted by molar-refractivity contribution is 6.30. The maximum atomic E-state index is 11.0. The van der Waals surface area contributed by atoms with Crippen molar-refractivity contribution >= 4 is 30.0 Å². The first-order valence-electron chi connectivity index (χ1n) is 4.29. The summed E-state index contributed by atoms with van der Waals surface area (Å²) in [7, 11) is 0. The van der Waals surface area contributed by atoms with Gasteiger partial charge in [-0.2, -0.15) is 0 Å². The molecule has 0 aliphatic carbocycles. The van der Waals surface area contributed by atoms with Gasteiger partial charge in [0.1, 0.15) is 5.54 Å². The summed E-state index contributed by atoms with van der Waals surface area (Å²) in [6.07, 6.45) is 0.337. The monoisotopic (exact) mass is 249 g/mol. The third-order valence-corrected chi connectivity index (χ3v) is 2.55. The van der Waals surface area contributed by atoms with Crippen molar-refractivity contribution in [1.82, 2.24) is 0 Å². The van der Waals surface area contributed by atoms with E-state index in [-0.39, 0.29) is 12.4 Å². The molecule has 1 aromatic rings. The Bertz CT molecular complexity index is 340. The molecule has 1 aromatic carbocycles. The van der Waals surface area contributed by atoms with E-state index in [1.54, 1.807) is 31.2 Å². The molecule has 3 nitrogen and oxygen atoms in total. The molecule has 0 bridgehead atoms. The second kappa shape index (κ2) is 5.35. The van der Waals surface area contributed by atoms with Crippen LogP contribution in [-0.4, -0.2) is 11.1 Å². The SMILES string of the molecule is CCC(N)(C(=O)O)c1ccc(Cl)cc1.Cl. The number of carboxylic acids is 1. The molecule has 0 amide bonds. The van der Waals surface area contributed by atoms with Crippen LogP contribution in [0.3, 0.4) is 0 Å². The van der Waals surface area contributed by atoms with Gasteiger partial charge >= 0.3 is 5.97 Å². The van der Waals surface area contributed by atoms with Crippen LogP contribution in [0, 0.1) is 0 Å². The third-order valence-electron chi connectivity index (χ3n) is 2.30. The Morgan fingerprint density at radius 1 is 1.47 bits per heavy atom. The van der Waals surface area contributed by atoms with Gasteiger partial charge in [0.05, 0.1) is 0 Å². The number of aliphatic carboxylic acids is 1. The minimum Gasteiger partial charge on any atom is -0.480 e. The predicted octanol–water partition coefficient (Wildman–Crippen LogP) is 2.41. The van der Waals surface area contributed by atoms with Crippen molar-refractivity contribution in [2.45, 2.75) is 18.9 Å². The molecule has 84 valence electrons. The molecule has 0 saturated carbocycles. The molecule has 0 saturated heterocycles. The van der Waals surface area contributed by atoms with Gasteiger partial charge in [0.25, 0.3) is 0 Å². The van der Waals surface area contributed by atoms with Crippen LogP contribution >= 0.6 is 24.0 Å². The van der Waals surface area contributed by atoms with Gasteiger partial charge in [-0.3, -0.25) is 0 Å². The number of nitrogens with two attached hydrogens (primary N) is 1. The summed E-state index contributed by atoms with van der Waals surface area (Å²) < 4.78 is 0. The number of halogens is 2. The fourth-order valence-corrected chi connectivity index (χ4v) is 1.35. The highest BCUT2D eigenvalue weighted by atomic mass is 35.5. The van der Waals surface area contributed by atoms with E-state index in [0.717, 1.165) is 0 Å². The molecule has 1 rings (SSSR count). The molecule has 0 spiro atoms. The zero-order chi connectivity index (χ0) is 10.8.